The highest BCUT2D eigenvalue weighted by Crippen LogP contribution is 2.31. The van der Waals surface area contributed by atoms with Gasteiger partial charge >= 0.3 is 0 Å². The van der Waals surface area contributed by atoms with Crippen molar-refractivity contribution in [1.82, 2.24) is 15.2 Å². The summed E-state index contributed by atoms with van der Waals surface area (Å²) in [5.74, 6) is 3.41. The molecule has 106 valence electrons. The van der Waals surface area contributed by atoms with Gasteiger partial charge in [0, 0.05) is 12.3 Å². The van der Waals surface area contributed by atoms with Gasteiger partial charge in [-0.3, -0.25) is 5.10 Å². The van der Waals surface area contributed by atoms with Gasteiger partial charge < -0.3 is 4.74 Å². The van der Waals surface area contributed by atoms with E-state index in [0.29, 0.717) is 12.5 Å². The first-order chi connectivity index (χ1) is 9.81. The maximum atomic E-state index is 5.74. The SMILES string of the molecule is Cc1cccc(OCCc2nc(C3CCCC3)n[nH]2)c1. The molecular weight excluding hydrogens is 250 g/mol. The van der Waals surface area contributed by atoms with E-state index in [9.17, 15) is 0 Å². The molecule has 0 radical (unpaired) electrons. The molecular formula is C16H21N3O. The number of hydrogen-bond acceptors (Lipinski definition) is 3. The van der Waals surface area contributed by atoms with Crippen LogP contribution in [0.3, 0.4) is 0 Å². The highest BCUT2D eigenvalue weighted by Gasteiger charge is 2.20. The largest absolute Gasteiger partial charge is 0.493 e. The first kappa shape index (κ1) is 13.2. The summed E-state index contributed by atoms with van der Waals surface area (Å²) < 4.78 is 5.74. The molecule has 0 spiro atoms. The highest BCUT2D eigenvalue weighted by atomic mass is 16.5. The van der Waals surface area contributed by atoms with Crippen LogP contribution in [-0.2, 0) is 6.42 Å². The maximum absolute atomic E-state index is 5.74. The van der Waals surface area contributed by atoms with E-state index in [4.69, 9.17) is 4.74 Å². The number of aryl methyl sites for hydroxylation is 1. The molecule has 0 aliphatic heterocycles. The number of H-pyrrole nitrogens is 1. The summed E-state index contributed by atoms with van der Waals surface area (Å²) in [6.45, 7) is 2.69. The summed E-state index contributed by atoms with van der Waals surface area (Å²) in [6.07, 6.45) is 5.86. The molecule has 1 saturated carbocycles. The summed E-state index contributed by atoms with van der Waals surface area (Å²) in [5.41, 5.74) is 1.21. The Hall–Kier alpha value is -1.84. The molecule has 0 amide bonds. The highest BCUT2D eigenvalue weighted by molar-refractivity contribution is 5.27. The Labute approximate surface area is 119 Å². The zero-order valence-corrected chi connectivity index (χ0v) is 11.9. The molecule has 4 nitrogen and oxygen atoms in total. The second kappa shape index (κ2) is 6.07. The predicted octanol–water partition coefficient (Wildman–Crippen LogP) is 3.39. The van der Waals surface area contributed by atoms with Crippen molar-refractivity contribution in [2.24, 2.45) is 0 Å². The Balaban J connectivity index is 1.51. The van der Waals surface area contributed by atoms with Gasteiger partial charge in [0.2, 0.25) is 0 Å². The standard InChI is InChI=1S/C16H21N3O/c1-12-5-4-8-14(11-12)20-10-9-15-17-16(19-18-15)13-6-2-3-7-13/h4-5,8,11,13H,2-3,6-7,9-10H2,1H3,(H,17,18,19). The van der Waals surface area contributed by atoms with Gasteiger partial charge in [0.15, 0.2) is 5.82 Å². The smallest absolute Gasteiger partial charge is 0.153 e. The number of nitrogens with zero attached hydrogens (tertiary/aromatic N) is 2. The molecule has 1 fully saturated rings. The fourth-order valence-corrected chi connectivity index (χ4v) is 2.76. The average Bonchev–Trinajstić information content (AvgIpc) is 3.09. The van der Waals surface area contributed by atoms with E-state index < -0.39 is 0 Å². The molecule has 0 atom stereocenters. The molecule has 20 heavy (non-hydrogen) atoms. The molecule has 0 bridgehead atoms. The van der Waals surface area contributed by atoms with Crippen molar-refractivity contribution >= 4 is 0 Å². The van der Waals surface area contributed by atoms with Crippen LogP contribution in [-0.4, -0.2) is 21.8 Å². The lowest BCUT2D eigenvalue weighted by Crippen LogP contribution is -2.03. The normalized spacial score (nSPS) is 15.7. The molecule has 2 aromatic rings. The van der Waals surface area contributed by atoms with Gasteiger partial charge in [-0.1, -0.05) is 25.0 Å². The van der Waals surface area contributed by atoms with Crippen LogP contribution in [0.5, 0.6) is 5.75 Å². The van der Waals surface area contributed by atoms with Gasteiger partial charge in [0.25, 0.3) is 0 Å². The minimum Gasteiger partial charge on any atom is -0.493 e. The third-order valence-electron chi connectivity index (χ3n) is 3.87. The van der Waals surface area contributed by atoms with Crippen molar-refractivity contribution < 1.29 is 4.74 Å². The van der Waals surface area contributed by atoms with E-state index in [2.05, 4.69) is 28.2 Å². The van der Waals surface area contributed by atoms with E-state index in [-0.39, 0.29) is 0 Å². The molecule has 1 aliphatic carbocycles. The Kier molecular flexibility index (Phi) is 4.00. The molecule has 1 aromatic carbocycles. The van der Waals surface area contributed by atoms with Crippen molar-refractivity contribution in [3.63, 3.8) is 0 Å². The van der Waals surface area contributed by atoms with Crippen LogP contribution in [0.2, 0.25) is 0 Å². The first-order valence-corrected chi connectivity index (χ1v) is 7.42. The van der Waals surface area contributed by atoms with Crippen LogP contribution < -0.4 is 4.74 Å². The zero-order valence-electron chi connectivity index (χ0n) is 11.9. The Morgan fingerprint density at radius 2 is 2.15 bits per heavy atom. The molecule has 1 N–H and O–H groups in total. The lowest BCUT2D eigenvalue weighted by molar-refractivity contribution is 0.319. The van der Waals surface area contributed by atoms with Crippen LogP contribution in [0.4, 0.5) is 0 Å². The molecule has 1 aromatic heterocycles. The molecule has 4 heteroatoms. The van der Waals surface area contributed by atoms with Crippen molar-refractivity contribution in [1.29, 1.82) is 0 Å². The summed E-state index contributed by atoms with van der Waals surface area (Å²) in [7, 11) is 0. The minimum absolute atomic E-state index is 0.567. The fraction of sp³-hybridized carbons (Fsp3) is 0.500. The van der Waals surface area contributed by atoms with Gasteiger partial charge in [0.1, 0.15) is 11.6 Å². The lowest BCUT2D eigenvalue weighted by Gasteiger charge is -2.05. The Morgan fingerprint density at radius 3 is 2.95 bits per heavy atom. The summed E-state index contributed by atoms with van der Waals surface area (Å²) in [6, 6.07) is 8.11. The van der Waals surface area contributed by atoms with E-state index in [1.165, 1.54) is 31.2 Å². The fourth-order valence-electron chi connectivity index (χ4n) is 2.76. The topological polar surface area (TPSA) is 50.8 Å². The number of aromatic amines is 1. The lowest BCUT2D eigenvalue weighted by atomic mass is 10.1. The van der Waals surface area contributed by atoms with Crippen LogP contribution in [0.15, 0.2) is 24.3 Å². The summed E-state index contributed by atoms with van der Waals surface area (Å²) in [5, 5.41) is 7.39. The van der Waals surface area contributed by atoms with Crippen LogP contribution in [0.1, 0.15) is 48.8 Å². The second-order valence-electron chi connectivity index (χ2n) is 5.54. The molecule has 3 rings (SSSR count). The number of hydrogen-bond donors (Lipinski definition) is 1. The van der Waals surface area contributed by atoms with Gasteiger partial charge in [0.05, 0.1) is 6.61 Å². The van der Waals surface area contributed by atoms with E-state index in [1.807, 2.05) is 18.2 Å². The second-order valence-corrected chi connectivity index (χ2v) is 5.54. The summed E-state index contributed by atoms with van der Waals surface area (Å²) in [4.78, 5) is 4.59. The Bertz CT molecular complexity index is 558. The number of benzene rings is 1. The first-order valence-electron chi connectivity index (χ1n) is 7.42. The third kappa shape index (κ3) is 3.18. The van der Waals surface area contributed by atoms with E-state index in [1.54, 1.807) is 0 Å². The molecule has 1 heterocycles. The Morgan fingerprint density at radius 1 is 1.30 bits per heavy atom. The number of nitrogens with one attached hydrogen (secondary N) is 1. The summed E-state index contributed by atoms with van der Waals surface area (Å²) >= 11 is 0. The van der Waals surface area contributed by atoms with Crippen molar-refractivity contribution in [3.8, 4) is 5.75 Å². The number of aromatic nitrogens is 3. The van der Waals surface area contributed by atoms with Crippen LogP contribution >= 0.6 is 0 Å². The van der Waals surface area contributed by atoms with E-state index in [0.717, 1.165) is 23.8 Å². The zero-order chi connectivity index (χ0) is 13.8. The monoisotopic (exact) mass is 271 g/mol. The third-order valence-corrected chi connectivity index (χ3v) is 3.87. The molecule has 0 saturated heterocycles. The average molecular weight is 271 g/mol. The molecule has 1 aliphatic rings. The van der Waals surface area contributed by atoms with Crippen LogP contribution in [0.25, 0.3) is 0 Å². The van der Waals surface area contributed by atoms with Crippen molar-refractivity contribution in [3.05, 3.63) is 41.5 Å². The molecule has 0 unspecified atom stereocenters. The number of rotatable bonds is 5. The van der Waals surface area contributed by atoms with E-state index >= 15 is 0 Å². The minimum atomic E-state index is 0.567. The van der Waals surface area contributed by atoms with Gasteiger partial charge in [-0.25, -0.2) is 4.98 Å². The van der Waals surface area contributed by atoms with Gasteiger partial charge in [-0.05, 0) is 37.5 Å². The van der Waals surface area contributed by atoms with Crippen molar-refractivity contribution in [2.45, 2.75) is 44.9 Å². The quantitative estimate of drug-likeness (QED) is 0.906. The van der Waals surface area contributed by atoms with Gasteiger partial charge in [-0.2, -0.15) is 5.10 Å². The number of ether oxygens (including phenoxy) is 1. The van der Waals surface area contributed by atoms with Crippen LogP contribution in [0, 0.1) is 6.92 Å². The van der Waals surface area contributed by atoms with Crippen molar-refractivity contribution in [2.75, 3.05) is 6.61 Å². The predicted molar refractivity (Wildman–Crippen MR) is 78.0 cm³/mol. The maximum Gasteiger partial charge on any atom is 0.153 e. The van der Waals surface area contributed by atoms with Gasteiger partial charge in [-0.15, -0.1) is 0 Å².